The molecule has 0 radical (unpaired) electrons. The molecule has 1 aromatic carbocycles. The van der Waals surface area contributed by atoms with Crippen LogP contribution >= 0.6 is 0 Å². The molecule has 0 unspecified atom stereocenters. The number of rotatable bonds is 6. The summed E-state index contributed by atoms with van der Waals surface area (Å²) >= 11 is 0. The van der Waals surface area contributed by atoms with Crippen LogP contribution in [0, 0.1) is 6.92 Å². The third kappa shape index (κ3) is 3.10. The van der Waals surface area contributed by atoms with Crippen molar-refractivity contribution in [1.29, 1.82) is 0 Å². The van der Waals surface area contributed by atoms with Gasteiger partial charge in [0.25, 0.3) is 0 Å². The second-order valence-electron chi connectivity index (χ2n) is 5.32. The average Bonchev–Trinajstić information content (AvgIpc) is 2.70. The molecule has 3 heteroatoms. The van der Waals surface area contributed by atoms with E-state index >= 15 is 0 Å². The van der Waals surface area contributed by atoms with Crippen molar-refractivity contribution in [3.05, 3.63) is 29.5 Å². The van der Waals surface area contributed by atoms with E-state index in [2.05, 4.69) is 43.2 Å². The van der Waals surface area contributed by atoms with Crippen molar-refractivity contribution in [1.82, 2.24) is 10.3 Å². The smallest absolute Gasteiger partial charge is 0.142 e. The maximum Gasteiger partial charge on any atom is 0.142 e. The summed E-state index contributed by atoms with van der Waals surface area (Å²) in [6, 6.07) is 6.79. The molecular formula is C16H24N2O. The second kappa shape index (κ2) is 6.11. The number of methoxy groups -OCH3 is 1. The molecule has 0 saturated heterocycles. The maximum absolute atomic E-state index is 5.41. The van der Waals surface area contributed by atoms with Crippen LogP contribution in [-0.2, 0) is 6.42 Å². The Bertz CT molecular complexity index is 543. The average molecular weight is 260 g/mol. The summed E-state index contributed by atoms with van der Waals surface area (Å²) in [6.45, 7) is 7.57. The van der Waals surface area contributed by atoms with Gasteiger partial charge in [-0.1, -0.05) is 26.0 Å². The van der Waals surface area contributed by atoms with Gasteiger partial charge in [-0.3, -0.25) is 0 Å². The molecule has 1 aromatic heterocycles. The summed E-state index contributed by atoms with van der Waals surface area (Å²) in [5, 5.41) is 4.76. The van der Waals surface area contributed by atoms with Crippen molar-refractivity contribution in [2.45, 2.75) is 39.7 Å². The number of para-hydroxylation sites is 1. The summed E-state index contributed by atoms with van der Waals surface area (Å²) in [5.41, 5.74) is 3.79. The predicted molar refractivity (Wildman–Crippen MR) is 81.0 cm³/mol. The molecule has 0 atom stereocenters. The number of H-pyrrole nitrogens is 1. The van der Waals surface area contributed by atoms with Gasteiger partial charge >= 0.3 is 0 Å². The number of hydrogen-bond acceptors (Lipinski definition) is 2. The minimum Gasteiger partial charge on any atom is -0.495 e. The van der Waals surface area contributed by atoms with E-state index in [0.29, 0.717) is 6.04 Å². The molecule has 2 N–H and O–H groups in total. The topological polar surface area (TPSA) is 37.0 Å². The quantitative estimate of drug-likeness (QED) is 0.781. The van der Waals surface area contributed by atoms with E-state index in [1.54, 1.807) is 7.11 Å². The first-order valence-corrected chi connectivity index (χ1v) is 7.01. The molecule has 2 rings (SSSR count). The Hall–Kier alpha value is -1.48. The second-order valence-corrected chi connectivity index (χ2v) is 5.32. The summed E-state index contributed by atoms with van der Waals surface area (Å²) < 4.78 is 5.41. The highest BCUT2D eigenvalue weighted by atomic mass is 16.5. The van der Waals surface area contributed by atoms with E-state index in [9.17, 15) is 0 Å². The van der Waals surface area contributed by atoms with Crippen LogP contribution in [0.3, 0.4) is 0 Å². The van der Waals surface area contributed by atoms with Gasteiger partial charge in [-0.25, -0.2) is 0 Å². The van der Waals surface area contributed by atoms with E-state index in [-0.39, 0.29) is 0 Å². The number of aromatic nitrogens is 1. The summed E-state index contributed by atoms with van der Waals surface area (Å²) in [5.74, 6) is 0.923. The van der Waals surface area contributed by atoms with Crippen molar-refractivity contribution >= 4 is 10.9 Å². The molecule has 0 aliphatic heterocycles. The van der Waals surface area contributed by atoms with Gasteiger partial charge in [0, 0.05) is 17.1 Å². The van der Waals surface area contributed by atoms with Crippen LogP contribution < -0.4 is 10.1 Å². The van der Waals surface area contributed by atoms with E-state index in [0.717, 1.165) is 30.7 Å². The highest BCUT2D eigenvalue weighted by Gasteiger charge is 2.11. The lowest BCUT2D eigenvalue weighted by atomic mass is 10.1. The maximum atomic E-state index is 5.41. The third-order valence-corrected chi connectivity index (χ3v) is 3.49. The zero-order valence-corrected chi connectivity index (χ0v) is 12.3. The standard InChI is InChI=1S/C16H24N2O/c1-11(2)17-10-6-8-13-12(3)18-16-14(13)7-5-9-15(16)19-4/h5,7,9,11,17-18H,6,8,10H2,1-4H3. The van der Waals surface area contributed by atoms with Gasteiger partial charge in [-0.2, -0.15) is 0 Å². The molecule has 1 heterocycles. The fourth-order valence-electron chi connectivity index (χ4n) is 2.52. The highest BCUT2D eigenvalue weighted by molar-refractivity contribution is 5.89. The Morgan fingerprint density at radius 2 is 2.11 bits per heavy atom. The first kappa shape index (κ1) is 13.9. The van der Waals surface area contributed by atoms with Crippen LogP contribution in [0.1, 0.15) is 31.5 Å². The first-order chi connectivity index (χ1) is 9.13. The van der Waals surface area contributed by atoms with Crippen molar-refractivity contribution in [2.75, 3.05) is 13.7 Å². The van der Waals surface area contributed by atoms with Crippen molar-refractivity contribution in [3.63, 3.8) is 0 Å². The van der Waals surface area contributed by atoms with E-state index in [1.807, 2.05) is 6.07 Å². The normalized spacial score (nSPS) is 11.4. The Kier molecular flexibility index (Phi) is 4.48. The summed E-state index contributed by atoms with van der Waals surface area (Å²) in [6.07, 6.45) is 2.25. The van der Waals surface area contributed by atoms with E-state index in [1.165, 1.54) is 16.6 Å². The lowest BCUT2D eigenvalue weighted by molar-refractivity contribution is 0.419. The minimum atomic E-state index is 0.559. The fraction of sp³-hybridized carbons (Fsp3) is 0.500. The molecule has 0 amide bonds. The number of nitrogens with one attached hydrogen (secondary N) is 2. The van der Waals surface area contributed by atoms with Gasteiger partial charge in [0.15, 0.2) is 0 Å². The van der Waals surface area contributed by atoms with Gasteiger partial charge < -0.3 is 15.0 Å². The molecule has 19 heavy (non-hydrogen) atoms. The molecule has 0 bridgehead atoms. The molecule has 0 spiro atoms. The van der Waals surface area contributed by atoms with Crippen molar-refractivity contribution < 1.29 is 4.74 Å². The molecule has 3 nitrogen and oxygen atoms in total. The van der Waals surface area contributed by atoms with Crippen LogP contribution in [0.15, 0.2) is 18.2 Å². The van der Waals surface area contributed by atoms with Crippen molar-refractivity contribution in [3.8, 4) is 5.75 Å². The Balaban J connectivity index is 2.16. The molecule has 0 saturated carbocycles. The van der Waals surface area contributed by atoms with Crippen LogP contribution in [-0.4, -0.2) is 24.7 Å². The lowest BCUT2D eigenvalue weighted by Gasteiger charge is -2.08. The summed E-state index contributed by atoms with van der Waals surface area (Å²) in [7, 11) is 1.72. The largest absolute Gasteiger partial charge is 0.495 e. The number of aryl methyl sites for hydroxylation is 2. The van der Waals surface area contributed by atoms with Crippen LogP contribution in [0.4, 0.5) is 0 Å². The zero-order chi connectivity index (χ0) is 13.8. The molecule has 0 fully saturated rings. The van der Waals surface area contributed by atoms with E-state index < -0.39 is 0 Å². The number of fused-ring (bicyclic) bond motifs is 1. The molecule has 2 aromatic rings. The van der Waals surface area contributed by atoms with Crippen LogP contribution in [0.5, 0.6) is 5.75 Å². The van der Waals surface area contributed by atoms with Gasteiger partial charge in [0.2, 0.25) is 0 Å². The van der Waals surface area contributed by atoms with Gasteiger partial charge in [0.1, 0.15) is 5.75 Å². The number of aromatic amines is 1. The molecule has 0 aliphatic carbocycles. The Morgan fingerprint density at radius 3 is 2.79 bits per heavy atom. The third-order valence-electron chi connectivity index (χ3n) is 3.49. The van der Waals surface area contributed by atoms with Gasteiger partial charge in [-0.05, 0) is 37.9 Å². The highest BCUT2D eigenvalue weighted by Crippen LogP contribution is 2.30. The SMILES string of the molecule is COc1cccc2c(CCCNC(C)C)c(C)[nH]c12. The molecule has 104 valence electrons. The van der Waals surface area contributed by atoms with Crippen molar-refractivity contribution in [2.24, 2.45) is 0 Å². The van der Waals surface area contributed by atoms with Gasteiger partial charge in [-0.15, -0.1) is 0 Å². The van der Waals surface area contributed by atoms with E-state index in [4.69, 9.17) is 4.74 Å². The Morgan fingerprint density at radius 1 is 1.32 bits per heavy atom. The molecule has 0 aliphatic rings. The zero-order valence-electron chi connectivity index (χ0n) is 12.3. The number of hydrogen-bond donors (Lipinski definition) is 2. The van der Waals surface area contributed by atoms with Crippen LogP contribution in [0.25, 0.3) is 10.9 Å². The van der Waals surface area contributed by atoms with Gasteiger partial charge in [0.05, 0.1) is 12.6 Å². The first-order valence-electron chi connectivity index (χ1n) is 7.01. The predicted octanol–water partition coefficient (Wildman–Crippen LogP) is 3.42. The summed E-state index contributed by atoms with van der Waals surface area (Å²) in [4.78, 5) is 3.45. The molecular weight excluding hydrogens is 236 g/mol. The minimum absolute atomic E-state index is 0.559. The number of benzene rings is 1. The lowest BCUT2D eigenvalue weighted by Crippen LogP contribution is -2.23. The fourth-order valence-corrected chi connectivity index (χ4v) is 2.52. The Labute approximate surface area is 115 Å². The monoisotopic (exact) mass is 260 g/mol. The number of ether oxygens (including phenoxy) is 1. The van der Waals surface area contributed by atoms with Crippen LogP contribution in [0.2, 0.25) is 0 Å².